The first-order valence-corrected chi connectivity index (χ1v) is 17.8. The van der Waals surface area contributed by atoms with Crippen LogP contribution in [0.4, 0.5) is 11.8 Å². The summed E-state index contributed by atoms with van der Waals surface area (Å²) in [5, 5.41) is 0. The van der Waals surface area contributed by atoms with Crippen molar-refractivity contribution >= 4 is 27.7 Å². The minimum atomic E-state index is -4.18. The lowest BCUT2D eigenvalue weighted by Gasteiger charge is -2.32. The van der Waals surface area contributed by atoms with Crippen LogP contribution in [-0.2, 0) is 21.3 Å². The monoisotopic (exact) mass is 669 g/mol. The average molecular weight is 670 g/mol. The van der Waals surface area contributed by atoms with Crippen LogP contribution in [0.1, 0.15) is 59.8 Å². The van der Waals surface area contributed by atoms with Crippen molar-refractivity contribution < 1.29 is 22.7 Å². The number of hydrogen-bond donors (Lipinski definition) is 1. The lowest BCUT2D eigenvalue weighted by molar-refractivity contribution is 0.0209. The number of aromatic nitrogens is 4. The summed E-state index contributed by atoms with van der Waals surface area (Å²) < 4.78 is 42.4. The molecule has 0 unspecified atom stereocenters. The van der Waals surface area contributed by atoms with Gasteiger partial charge in [-0.15, -0.1) is 0 Å². The zero-order valence-electron chi connectivity index (χ0n) is 27.3. The summed E-state index contributed by atoms with van der Waals surface area (Å²) in [4.78, 5) is 36.6. The molecule has 2 aliphatic heterocycles. The van der Waals surface area contributed by atoms with E-state index in [0.29, 0.717) is 17.4 Å². The molecule has 1 saturated carbocycles. The van der Waals surface area contributed by atoms with Crippen molar-refractivity contribution in [3.8, 4) is 17.1 Å². The summed E-state index contributed by atoms with van der Waals surface area (Å²) >= 11 is 0. The van der Waals surface area contributed by atoms with Gasteiger partial charge in [0.15, 0.2) is 0 Å². The van der Waals surface area contributed by atoms with Crippen molar-refractivity contribution in [1.82, 2.24) is 24.8 Å². The maximum atomic E-state index is 14.4. The van der Waals surface area contributed by atoms with Gasteiger partial charge in [-0.3, -0.25) is 9.78 Å². The number of fused-ring (bicyclic) bond motifs is 4. The van der Waals surface area contributed by atoms with Crippen molar-refractivity contribution in [2.45, 2.75) is 76.1 Å². The van der Waals surface area contributed by atoms with Gasteiger partial charge in [0.2, 0.25) is 11.8 Å². The van der Waals surface area contributed by atoms with E-state index in [2.05, 4.69) is 31.5 Å². The first-order valence-electron chi connectivity index (χ1n) is 16.4. The highest BCUT2D eigenvalue weighted by Crippen LogP contribution is 2.31. The van der Waals surface area contributed by atoms with Gasteiger partial charge in [0, 0.05) is 29.8 Å². The average Bonchev–Trinajstić information content (AvgIpc) is 3.80. The third-order valence-corrected chi connectivity index (χ3v) is 10.4. The number of anilines is 2. The molecule has 0 spiro atoms. The number of carbonyl (C=O) groups excluding carboxylic acids is 1. The molecule has 1 N–H and O–H groups in total. The van der Waals surface area contributed by atoms with Crippen LogP contribution in [0, 0.1) is 13.8 Å². The zero-order valence-corrected chi connectivity index (χ0v) is 28.1. The van der Waals surface area contributed by atoms with Crippen LogP contribution < -0.4 is 14.4 Å². The standard InChI is InChI=1S/C35H39N7O5S/c1-22-7-4-8-23(2)33(22)30-16-32-39-35(38-30)40-48(44,45)29-11-5-10-25(15-29)34(43)42(27(21-47-32)20-46-28-12-13-28)19-26-17-36-18-31(37-26)41-14-6-9-24(41)3/h4-5,7-8,10-11,15-18,24,27-28H,6,9,12-14,19-21H2,1-3H3,(H,38,39,40)/t24-,27+/m0/s1. The SMILES string of the molecule is Cc1cccc(C)c1-c1cc2nc(n1)NS(=O)(=O)c1cccc(c1)C(=O)N(Cc1cncc(N3CCC[C@@H]3C)n1)[C@H](COC1CC1)CO2. The number of aryl methyl sites for hydroxylation is 2. The van der Waals surface area contributed by atoms with E-state index in [9.17, 15) is 13.2 Å². The fourth-order valence-corrected chi connectivity index (χ4v) is 7.34. The lowest BCUT2D eigenvalue weighted by Crippen LogP contribution is -2.46. The molecule has 48 heavy (non-hydrogen) atoms. The summed E-state index contributed by atoms with van der Waals surface area (Å²) in [6.45, 7) is 7.37. The van der Waals surface area contributed by atoms with E-state index in [1.807, 2.05) is 32.0 Å². The smallest absolute Gasteiger partial charge is 0.264 e. The normalized spacial score (nSPS) is 20.7. The molecule has 4 bridgehead atoms. The largest absolute Gasteiger partial charge is 0.475 e. The van der Waals surface area contributed by atoms with Crippen LogP contribution in [0.15, 0.2) is 65.8 Å². The first-order chi connectivity index (χ1) is 23.1. The maximum absolute atomic E-state index is 14.4. The first kappa shape index (κ1) is 32.0. The van der Waals surface area contributed by atoms with E-state index in [0.717, 1.165) is 54.7 Å². The molecule has 2 aromatic heterocycles. The molecule has 3 aliphatic rings. The van der Waals surface area contributed by atoms with E-state index < -0.39 is 16.1 Å². The highest BCUT2D eigenvalue weighted by Gasteiger charge is 2.32. The molecular weight excluding hydrogens is 630 g/mol. The highest BCUT2D eigenvalue weighted by atomic mass is 32.2. The molecule has 1 aliphatic carbocycles. The molecule has 1 amide bonds. The number of nitrogens with zero attached hydrogens (tertiary/aromatic N) is 6. The minimum absolute atomic E-state index is 0.0316. The molecule has 7 rings (SSSR count). The van der Waals surface area contributed by atoms with Gasteiger partial charge in [-0.1, -0.05) is 24.3 Å². The number of carbonyl (C=O) groups is 1. The third kappa shape index (κ3) is 6.83. The molecule has 4 heterocycles. The summed E-state index contributed by atoms with van der Waals surface area (Å²) in [7, 11) is -4.18. The predicted octanol–water partition coefficient (Wildman–Crippen LogP) is 4.92. The minimum Gasteiger partial charge on any atom is -0.475 e. The Morgan fingerprint density at radius 1 is 1.00 bits per heavy atom. The lowest BCUT2D eigenvalue weighted by atomic mass is 10.00. The molecular formula is C35H39N7O5S. The molecule has 0 radical (unpaired) electrons. The van der Waals surface area contributed by atoms with Crippen molar-refractivity contribution in [3.05, 3.63) is 83.3 Å². The third-order valence-electron chi connectivity index (χ3n) is 9.08. The Morgan fingerprint density at radius 3 is 2.54 bits per heavy atom. The van der Waals surface area contributed by atoms with Crippen LogP contribution in [0.25, 0.3) is 11.3 Å². The van der Waals surface area contributed by atoms with Gasteiger partial charge < -0.3 is 19.3 Å². The Kier molecular flexibility index (Phi) is 8.73. The number of benzene rings is 2. The Bertz CT molecular complexity index is 1930. The molecule has 2 atom stereocenters. The quantitative estimate of drug-likeness (QED) is 0.288. The van der Waals surface area contributed by atoms with Crippen LogP contribution in [-0.4, -0.2) is 77.1 Å². The molecule has 12 nitrogen and oxygen atoms in total. The Labute approximate surface area is 280 Å². The van der Waals surface area contributed by atoms with Gasteiger partial charge in [-0.2, -0.15) is 4.98 Å². The second-order valence-electron chi connectivity index (χ2n) is 12.8. The molecule has 250 valence electrons. The fraction of sp³-hybridized carbons (Fsp3) is 0.400. The van der Waals surface area contributed by atoms with Gasteiger partial charge in [0.1, 0.15) is 12.4 Å². The van der Waals surface area contributed by atoms with E-state index in [1.165, 1.54) is 12.1 Å². The van der Waals surface area contributed by atoms with E-state index in [-0.39, 0.29) is 54.1 Å². The topological polar surface area (TPSA) is 140 Å². The fourth-order valence-electron chi connectivity index (χ4n) is 6.35. The van der Waals surface area contributed by atoms with Crippen LogP contribution in [0.5, 0.6) is 5.88 Å². The number of hydrogen-bond acceptors (Lipinski definition) is 10. The maximum Gasteiger partial charge on any atom is 0.264 e. The van der Waals surface area contributed by atoms with Gasteiger partial charge >= 0.3 is 0 Å². The van der Waals surface area contributed by atoms with Crippen LogP contribution in [0.3, 0.4) is 0 Å². The van der Waals surface area contributed by atoms with Gasteiger partial charge in [0.25, 0.3) is 15.9 Å². The van der Waals surface area contributed by atoms with Crippen molar-refractivity contribution in [3.63, 3.8) is 0 Å². The molecule has 2 aromatic carbocycles. The molecule has 13 heteroatoms. The van der Waals surface area contributed by atoms with Gasteiger partial charge in [-0.05, 0) is 75.8 Å². The van der Waals surface area contributed by atoms with Gasteiger partial charge in [0.05, 0.1) is 54.0 Å². The van der Waals surface area contributed by atoms with E-state index in [1.54, 1.807) is 35.5 Å². The number of ether oxygens (including phenoxy) is 2. The van der Waals surface area contributed by atoms with Crippen molar-refractivity contribution in [2.24, 2.45) is 0 Å². The summed E-state index contributed by atoms with van der Waals surface area (Å²) in [6, 6.07) is 13.4. The highest BCUT2D eigenvalue weighted by molar-refractivity contribution is 7.92. The zero-order chi connectivity index (χ0) is 33.4. The summed E-state index contributed by atoms with van der Waals surface area (Å²) in [5.41, 5.74) is 4.12. The second kappa shape index (κ2) is 13.1. The van der Waals surface area contributed by atoms with Crippen LogP contribution in [0.2, 0.25) is 0 Å². The van der Waals surface area contributed by atoms with Crippen molar-refractivity contribution in [1.29, 1.82) is 0 Å². The van der Waals surface area contributed by atoms with Crippen molar-refractivity contribution in [2.75, 3.05) is 29.4 Å². The van der Waals surface area contributed by atoms with Gasteiger partial charge in [-0.25, -0.2) is 23.1 Å². The number of amides is 1. The summed E-state index contributed by atoms with van der Waals surface area (Å²) in [5.74, 6) is 0.423. The molecule has 4 aromatic rings. The molecule has 2 fully saturated rings. The summed E-state index contributed by atoms with van der Waals surface area (Å²) in [6.07, 6.45) is 7.64. The van der Waals surface area contributed by atoms with Crippen LogP contribution >= 0.6 is 0 Å². The molecule has 1 saturated heterocycles. The van der Waals surface area contributed by atoms with E-state index in [4.69, 9.17) is 14.5 Å². The number of sulfonamides is 1. The predicted molar refractivity (Wildman–Crippen MR) is 180 cm³/mol. The Hall–Kier alpha value is -4.62. The second-order valence-corrected chi connectivity index (χ2v) is 14.5. The number of rotatable bonds is 7. The number of nitrogens with one attached hydrogen (secondary N) is 1. The Morgan fingerprint density at radius 2 is 1.79 bits per heavy atom. The Balaban J connectivity index is 1.31. The van der Waals surface area contributed by atoms with E-state index >= 15 is 0 Å².